The van der Waals surface area contributed by atoms with Crippen molar-refractivity contribution < 1.29 is 0 Å². The van der Waals surface area contributed by atoms with Crippen LogP contribution in [0.4, 0.5) is 5.69 Å². The van der Waals surface area contributed by atoms with Crippen molar-refractivity contribution in [3.05, 3.63) is 29.8 Å². The lowest BCUT2D eigenvalue weighted by Gasteiger charge is -2.19. The van der Waals surface area contributed by atoms with Crippen molar-refractivity contribution in [2.24, 2.45) is 0 Å². The number of unbranched alkanes of at least 4 members (excludes halogenated alkanes) is 9. The van der Waals surface area contributed by atoms with Gasteiger partial charge in [0.2, 0.25) is 0 Å². The maximum absolute atomic E-state index is 2.38. The van der Waals surface area contributed by atoms with E-state index in [4.69, 9.17) is 0 Å². The van der Waals surface area contributed by atoms with Crippen LogP contribution in [-0.2, 0) is 0 Å². The van der Waals surface area contributed by atoms with E-state index in [-0.39, 0.29) is 0 Å². The zero-order valence-corrected chi connectivity index (χ0v) is 14.5. The Morgan fingerprint density at radius 2 is 1.19 bits per heavy atom. The van der Waals surface area contributed by atoms with Crippen molar-refractivity contribution in [3.8, 4) is 0 Å². The van der Waals surface area contributed by atoms with Gasteiger partial charge in [0.15, 0.2) is 0 Å². The van der Waals surface area contributed by atoms with Crippen molar-refractivity contribution >= 4 is 5.69 Å². The van der Waals surface area contributed by atoms with E-state index in [9.17, 15) is 0 Å². The zero-order chi connectivity index (χ0) is 15.3. The van der Waals surface area contributed by atoms with E-state index in [2.05, 4.69) is 50.1 Å². The van der Waals surface area contributed by atoms with Crippen LogP contribution in [0.2, 0.25) is 0 Å². The van der Waals surface area contributed by atoms with Gasteiger partial charge in [-0.15, -0.1) is 0 Å². The molecule has 0 aromatic heterocycles. The molecular weight excluding hydrogens is 254 g/mol. The van der Waals surface area contributed by atoms with Gasteiger partial charge in [-0.1, -0.05) is 82.4 Å². The molecule has 1 heteroatoms. The first kappa shape index (κ1) is 18.1. The Morgan fingerprint density at radius 1 is 0.714 bits per heavy atom. The molecule has 0 aliphatic heterocycles. The summed E-state index contributed by atoms with van der Waals surface area (Å²) in [4.78, 5) is 2.38. The molecule has 0 fully saturated rings. The lowest BCUT2D eigenvalue weighted by molar-refractivity contribution is 0.556. The van der Waals surface area contributed by atoms with Gasteiger partial charge in [-0.3, -0.25) is 0 Å². The van der Waals surface area contributed by atoms with Crippen LogP contribution in [0.5, 0.6) is 0 Å². The molecular formula is C20H35N. The third-order valence-corrected chi connectivity index (χ3v) is 4.32. The summed E-state index contributed by atoms with van der Waals surface area (Å²) in [5.74, 6) is 0. The topological polar surface area (TPSA) is 3.24 Å². The van der Waals surface area contributed by atoms with E-state index in [0.29, 0.717) is 0 Å². The first-order valence-electron chi connectivity index (χ1n) is 9.02. The van der Waals surface area contributed by atoms with Crippen LogP contribution in [0.15, 0.2) is 24.3 Å². The van der Waals surface area contributed by atoms with Gasteiger partial charge >= 0.3 is 0 Å². The summed E-state index contributed by atoms with van der Waals surface area (Å²) in [5, 5.41) is 0. The molecule has 0 aliphatic carbocycles. The highest BCUT2D eigenvalue weighted by Gasteiger charge is 2.00. The maximum atomic E-state index is 2.38. The number of hydrogen-bond donors (Lipinski definition) is 0. The minimum absolute atomic E-state index is 1.18. The minimum Gasteiger partial charge on any atom is -0.375 e. The number of rotatable bonds is 12. The summed E-state index contributed by atoms with van der Waals surface area (Å²) in [7, 11) is 2.21. The first-order chi connectivity index (χ1) is 10.2. The summed E-state index contributed by atoms with van der Waals surface area (Å²) in [6.45, 7) is 5.61. The number of anilines is 1. The SMILES string of the molecule is CCCCCCCCCCCCN(C)c1ccc(C)cc1. The van der Waals surface area contributed by atoms with Gasteiger partial charge in [0.1, 0.15) is 0 Å². The van der Waals surface area contributed by atoms with E-state index in [1.54, 1.807) is 0 Å². The average molecular weight is 290 g/mol. The molecule has 0 aliphatic rings. The molecule has 0 spiro atoms. The van der Waals surface area contributed by atoms with Crippen LogP contribution < -0.4 is 4.90 Å². The Balaban J connectivity index is 1.95. The summed E-state index contributed by atoms with van der Waals surface area (Å²) in [5.41, 5.74) is 2.68. The Bertz CT molecular complexity index is 341. The Kier molecular flexibility index (Phi) is 10.0. The number of hydrogen-bond acceptors (Lipinski definition) is 1. The van der Waals surface area contributed by atoms with Crippen molar-refractivity contribution in [2.45, 2.75) is 78.1 Å². The normalized spacial score (nSPS) is 10.8. The molecule has 0 radical (unpaired) electrons. The molecule has 0 saturated heterocycles. The largest absolute Gasteiger partial charge is 0.375 e. The van der Waals surface area contributed by atoms with Crippen molar-refractivity contribution in [1.29, 1.82) is 0 Å². The molecule has 0 atom stereocenters. The number of aryl methyl sites for hydroxylation is 1. The predicted molar refractivity (Wildman–Crippen MR) is 96.3 cm³/mol. The van der Waals surface area contributed by atoms with E-state index >= 15 is 0 Å². The zero-order valence-electron chi connectivity index (χ0n) is 14.5. The molecule has 0 heterocycles. The second-order valence-electron chi connectivity index (χ2n) is 6.44. The minimum atomic E-state index is 1.18. The fourth-order valence-electron chi connectivity index (χ4n) is 2.76. The van der Waals surface area contributed by atoms with Gasteiger partial charge in [-0.25, -0.2) is 0 Å². The molecule has 1 rings (SSSR count). The summed E-state index contributed by atoms with van der Waals surface area (Å²) < 4.78 is 0. The van der Waals surface area contributed by atoms with E-state index < -0.39 is 0 Å². The molecule has 1 aromatic rings. The molecule has 21 heavy (non-hydrogen) atoms. The average Bonchev–Trinajstić information content (AvgIpc) is 2.49. The van der Waals surface area contributed by atoms with Crippen LogP contribution in [-0.4, -0.2) is 13.6 Å². The number of nitrogens with zero attached hydrogens (tertiary/aromatic N) is 1. The van der Waals surface area contributed by atoms with Gasteiger partial charge < -0.3 is 4.90 Å². The lowest BCUT2D eigenvalue weighted by atomic mass is 10.1. The van der Waals surface area contributed by atoms with Crippen molar-refractivity contribution in [1.82, 2.24) is 0 Å². The monoisotopic (exact) mass is 289 g/mol. The Hall–Kier alpha value is -0.980. The summed E-state index contributed by atoms with van der Waals surface area (Å²) in [6, 6.07) is 8.85. The van der Waals surface area contributed by atoms with Crippen molar-refractivity contribution in [2.75, 3.05) is 18.5 Å². The molecule has 1 nitrogen and oxygen atoms in total. The lowest BCUT2D eigenvalue weighted by Crippen LogP contribution is -2.18. The van der Waals surface area contributed by atoms with E-state index in [1.807, 2.05) is 0 Å². The van der Waals surface area contributed by atoms with Crippen molar-refractivity contribution in [3.63, 3.8) is 0 Å². The van der Waals surface area contributed by atoms with E-state index in [0.717, 1.165) is 0 Å². The van der Waals surface area contributed by atoms with Crippen LogP contribution in [0.3, 0.4) is 0 Å². The molecule has 0 unspecified atom stereocenters. The molecule has 0 amide bonds. The van der Waals surface area contributed by atoms with Gasteiger partial charge in [0.05, 0.1) is 0 Å². The highest BCUT2D eigenvalue weighted by Crippen LogP contribution is 2.15. The first-order valence-corrected chi connectivity index (χ1v) is 9.02. The van der Waals surface area contributed by atoms with Crippen LogP contribution >= 0.6 is 0 Å². The molecule has 0 saturated carbocycles. The molecule has 0 N–H and O–H groups in total. The third-order valence-electron chi connectivity index (χ3n) is 4.32. The van der Waals surface area contributed by atoms with Gasteiger partial charge in [-0.2, -0.15) is 0 Å². The summed E-state index contributed by atoms with van der Waals surface area (Å²) in [6.07, 6.45) is 14.1. The van der Waals surface area contributed by atoms with E-state index in [1.165, 1.54) is 82.0 Å². The second-order valence-corrected chi connectivity index (χ2v) is 6.44. The van der Waals surface area contributed by atoms with Gasteiger partial charge in [-0.05, 0) is 25.5 Å². The van der Waals surface area contributed by atoms with Crippen LogP contribution in [0, 0.1) is 6.92 Å². The standard InChI is InChI=1S/C20H35N/c1-4-5-6-7-8-9-10-11-12-13-18-21(3)20-16-14-19(2)15-17-20/h14-17H,4-13,18H2,1-3H3. The Morgan fingerprint density at radius 3 is 1.71 bits per heavy atom. The highest BCUT2D eigenvalue weighted by molar-refractivity contribution is 5.46. The fourth-order valence-corrected chi connectivity index (χ4v) is 2.76. The fraction of sp³-hybridized carbons (Fsp3) is 0.700. The number of benzene rings is 1. The molecule has 1 aromatic carbocycles. The Labute approximate surface area is 132 Å². The highest BCUT2D eigenvalue weighted by atomic mass is 15.1. The van der Waals surface area contributed by atoms with Gasteiger partial charge in [0, 0.05) is 19.3 Å². The molecule has 0 bridgehead atoms. The second kappa shape index (κ2) is 11.7. The summed E-state index contributed by atoms with van der Waals surface area (Å²) >= 11 is 0. The van der Waals surface area contributed by atoms with Crippen LogP contribution in [0.25, 0.3) is 0 Å². The smallest absolute Gasteiger partial charge is 0.0363 e. The van der Waals surface area contributed by atoms with Gasteiger partial charge in [0.25, 0.3) is 0 Å². The van der Waals surface area contributed by atoms with Crippen LogP contribution in [0.1, 0.15) is 76.7 Å². The maximum Gasteiger partial charge on any atom is 0.0363 e. The molecule has 120 valence electrons. The quantitative estimate of drug-likeness (QED) is 0.405. The third kappa shape index (κ3) is 8.80. The predicted octanol–water partition coefficient (Wildman–Crippen LogP) is 6.35.